The molecule has 0 atom stereocenters. The fraction of sp³-hybridized carbons (Fsp3) is 0.455. The fourth-order valence-corrected chi connectivity index (χ4v) is 3.69. The van der Waals surface area contributed by atoms with Gasteiger partial charge in [-0.2, -0.15) is 0 Å². The molecule has 0 spiro atoms. The number of anilines is 1. The number of hydrogen-bond donors (Lipinski definition) is 1. The Morgan fingerprint density at radius 2 is 1.48 bits per heavy atom. The van der Waals surface area contributed by atoms with Crippen LogP contribution in [0.5, 0.6) is 0 Å². The van der Waals surface area contributed by atoms with Crippen molar-refractivity contribution in [3.63, 3.8) is 0 Å². The Labute approximate surface area is 141 Å². The quantitative estimate of drug-likeness (QED) is 0.765. The monoisotopic (exact) mass is 307 g/mol. The van der Waals surface area contributed by atoms with E-state index in [2.05, 4.69) is 81.5 Å². The number of rotatable bonds is 4. The van der Waals surface area contributed by atoms with E-state index in [1.54, 1.807) is 0 Å². The molecule has 0 fully saturated rings. The lowest BCUT2D eigenvalue weighted by molar-refractivity contribution is 0.332. The van der Waals surface area contributed by atoms with Crippen molar-refractivity contribution >= 4 is 5.69 Å². The standard InChI is InChI=1S/C22H29N/c1-21(2)13-14-22(3,4)20-16-18(10-11-19(20)21)23-15-12-17-8-6-5-7-9-17/h5-11,16,23H,12-15H2,1-4H3. The average molecular weight is 307 g/mol. The minimum absolute atomic E-state index is 0.280. The molecule has 2 aromatic carbocycles. The van der Waals surface area contributed by atoms with Gasteiger partial charge in [-0.15, -0.1) is 0 Å². The highest BCUT2D eigenvalue weighted by Crippen LogP contribution is 2.46. The Morgan fingerprint density at radius 1 is 0.826 bits per heavy atom. The predicted molar refractivity (Wildman–Crippen MR) is 100 cm³/mol. The van der Waals surface area contributed by atoms with E-state index in [4.69, 9.17) is 0 Å². The lowest BCUT2D eigenvalue weighted by atomic mass is 9.63. The summed E-state index contributed by atoms with van der Waals surface area (Å²) in [6, 6.07) is 17.7. The van der Waals surface area contributed by atoms with Gasteiger partial charge in [0.2, 0.25) is 0 Å². The van der Waals surface area contributed by atoms with Gasteiger partial charge in [-0.05, 0) is 58.9 Å². The van der Waals surface area contributed by atoms with E-state index in [9.17, 15) is 0 Å². The molecule has 0 aromatic heterocycles. The van der Waals surface area contributed by atoms with Gasteiger partial charge in [0, 0.05) is 12.2 Å². The molecular formula is C22H29N. The summed E-state index contributed by atoms with van der Waals surface area (Å²) in [7, 11) is 0. The summed E-state index contributed by atoms with van der Waals surface area (Å²) in [5.41, 5.74) is 6.28. The van der Waals surface area contributed by atoms with Gasteiger partial charge in [-0.25, -0.2) is 0 Å². The summed E-state index contributed by atoms with van der Waals surface area (Å²) < 4.78 is 0. The van der Waals surface area contributed by atoms with Crippen LogP contribution in [0, 0.1) is 0 Å². The predicted octanol–water partition coefficient (Wildman–Crippen LogP) is 5.69. The molecule has 122 valence electrons. The van der Waals surface area contributed by atoms with Crippen LogP contribution in [0.25, 0.3) is 0 Å². The molecule has 0 bridgehead atoms. The molecule has 0 radical (unpaired) electrons. The third kappa shape index (κ3) is 3.44. The zero-order valence-electron chi connectivity index (χ0n) is 14.9. The lowest BCUT2D eigenvalue weighted by Crippen LogP contribution is -2.33. The highest BCUT2D eigenvalue weighted by atomic mass is 14.9. The number of benzene rings is 2. The normalized spacial score (nSPS) is 18.3. The molecule has 1 aliphatic rings. The fourth-order valence-electron chi connectivity index (χ4n) is 3.69. The summed E-state index contributed by atoms with van der Waals surface area (Å²) in [5, 5.41) is 3.61. The largest absolute Gasteiger partial charge is 0.385 e. The zero-order chi connectivity index (χ0) is 16.5. The molecule has 0 saturated carbocycles. The highest BCUT2D eigenvalue weighted by molar-refractivity contribution is 5.53. The molecular weight excluding hydrogens is 278 g/mol. The van der Waals surface area contributed by atoms with Gasteiger partial charge in [-0.1, -0.05) is 64.1 Å². The summed E-state index contributed by atoms with van der Waals surface area (Å²) in [4.78, 5) is 0. The molecule has 1 N–H and O–H groups in total. The van der Waals surface area contributed by atoms with Crippen molar-refractivity contribution in [2.45, 2.75) is 57.8 Å². The van der Waals surface area contributed by atoms with Crippen molar-refractivity contribution in [3.8, 4) is 0 Å². The van der Waals surface area contributed by atoms with Gasteiger partial charge >= 0.3 is 0 Å². The van der Waals surface area contributed by atoms with Gasteiger partial charge in [0.25, 0.3) is 0 Å². The summed E-state index contributed by atoms with van der Waals surface area (Å²) in [5.74, 6) is 0. The van der Waals surface area contributed by atoms with Crippen molar-refractivity contribution in [3.05, 3.63) is 65.2 Å². The van der Waals surface area contributed by atoms with E-state index >= 15 is 0 Å². The van der Waals surface area contributed by atoms with Crippen LogP contribution in [0.15, 0.2) is 48.5 Å². The molecule has 3 rings (SSSR count). The second kappa shape index (κ2) is 6.03. The van der Waals surface area contributed by atoms with Gasteiger partial charge in [-0.3, -0.25) is 0 Å². The summed E-state index contributed by atoms with van der Waals surface area (Å²) >= 11 is 0. The van der Waals surface area contributed by atoms with E-state index in [1.165, 1.54) is 35.2 Å². The molecule has 1 nitrogen and oxygen atoms in total. The zero-order valence-corrected chi connectivity index (χ0v) is 14.9. The van der Waals surface area contributed by atoms with Crippen LogP contribution < -0.4 is 5.32 Å². The molecule has 23 heavy (non-hydrogen) atoms. The van der Waals surface area contributed by atoms with E-state index in [0.717, 1.165) is 13.0 Å². The van der Waals surface area contributed by atoms with Crippen LogP contribution in [0.2, 0.25) is 0 Å². The van der Waals surface area contributed by atoms with E-state index in [1.807, 2.05) is 0 Å². The lowest BCUT2D eigenvalue weighted by Gasteiger charge is -2.42. The Balaban J connectivity index is 1.75. The highest BCUT2D eigenvalue weighted by Gasteiger charge is 2.36. The van der Waals surface area contributed by atoms with Crippen molar-refractivity contribution in [2.24, 2.45) is 0 Å². The van der Waals surface area contributed by atoms with Crippen molar-refractivity contribution in [1.29, 1.82) is 0 Å². The van der Waals surface area contributed by atoms with E-state index in [-0.39, 0.29) is 5.41 Å². The molecule has 1 heteroatoms. The first-order valence-electron chi connectivity index (χ1n) is 8.81. The SMILES string of the molecule is CC1(C)CCC(C)(C)c2cc(NCCc3ccccc3)ccc21. The van der Waals surface area contributed by atoms with Crippen molar-refractivity contribution in [2.75, 3.05) is 11.9 Å². The Morgan fingerprint density at radius 3 is 2.17 bits per heavy atom. The third-order valence-electron chi connectivity index (χ3n) is 5.44. The Hall–Kier alpha value is -1.76. The second-order valence-corrected chi connectivity index (χ2v) is 8.19. The average Bonchev–Trinajstić information content (AvgIpc) is 2.53. The smallest absolute Gasteiger partial charge is 0.0343 e. The number of hydrogen-bond acceptors (Lipinski definition) is 1. The van der Waals surface area contributed by atoms with Crippen molar-refractivity contribution < 1.29 is 0 Å². The first-order chi connectivity index (χ1) is 10.9. The van der Waals surface area contributed by atoms with E-state index < -0.39 is 0 Å². The van der Waals surface area contributed by atoms with Crippen LogP contribution in [0.4, 0.5) is 5.69 Å². The first-order valence-corrected chi connectivity index (χ1v) is 8.81. The molecule has 1 aliphatic carbocycles. The number of fused-ring (bicyclic) bond motifs is 1. The van der Waals surface area contributed by atoms with Crippen LogP contribution in [0.1, 0.15) is 57.2 Å². The van der Waals surface area contributed by atoms with E-state index in [0.29, 0.717) is 5.41 Å². The molecule has 2 aromatic rings. The van der Waals surface area contributed by atoms with Crippen molar-refractivity contribution in [1.82, 2.24) is 0 Å². The molecule has 0 amide bonds. The third-order valence-corrected chi connectivity index (χ3v) is 5.44. The maximum absolute atomic E-state index is 3.61. The maximum atomic E-state index is 3.61. The second-order valence-electron chi connectivity index (χ2n) is 8.19. The van der Waals surface area contributed by atoms with Gasteiger partial charge in [0.15, 0.2) is 0 Å². The first kappa shape index (κ1) is 16.1. The molecule has 0 unspecified atom stereocenters. The van der Waals surface area contributed by atoms with Crippen LogP contribution in [0.3, 0.4) is 0 Å². The minimum Gasteiger partial charge on any atom is -0.385 e. The minimum atomic E-state index is 0.280. The van der Waals surface area contributed by atoms with Crippen LogP contribution in [-0.4, -0.2) is 6.54 Å². The number of nitrogens with one attached hydrogen (secondary N) is 1. The van der Waals surface area contributed by atoms with Gasteiger partial charge in [0.05, 0.1) is 0 Å². The van der Waals surface area contributed by atoms with Gasteiger partial charge < -0.3 is 5.32 Å². The molecule has 0 heterocycles. The maximum Gasteiger partial charge on any atom is 0.0343 e. The summed E-state index contributed by atoms with van der Waals surface area (Å²) in [6.45, 7) is 10.5. The Kier molecular flexibility index (Phi) is 4.23. The molecule has 0 saturated heterocycles. The van der Waals surface area contributed by atoms with Crippen LogP contribution in [-0.2, 0) is 17.3 Å². The Bertz CT molecular complexity index is 668. The summed E-state index contributed by atoms with van der Waals surface area (Å²) in [6.07, 6.45) is 3.60. The molecule has 0 aliphatic heterocycles. The van der Waals surface area contributed by atoms with Gasteiger partial charge in [0.1, 0.15) is 0 Å². The topological polar surface area (TPSA) is 12.0 Å². The van der Waals surface area contributed by atoms with Crippen LogP contribution >= 0.6 is 0 Å².